The van der Waals surface area contributed by atoms with Crippen molar-refractivity contribution < 1.29 is 19.0 Å². The summed E-state index contributed by atoms with van der Waals surface area (Å²) < 4.78 is 18.4. The normalized spacial score (nSPS) is 9.85. The number of aromatic nitrogens is 1. The fourth-order valence-electron chi connectivity index (χ4n) is 1.81. The molecular formula is C14H9FN2O3. The number of carbonyl (C=O) groups is 1. The Kier molecular flexibility index (Phi) is 3.62. The summed E-state index contributed by atoms with van der Waals surface area (Å²) in [5.41, 5.74) is 0.582. The van der Waals surface area contributed by atoms with Gasteiger partial charge in [0, 0.05) is 23.4 Å². The van der Waals surface area contributed by atoms with E-state index < -0.39 is 11.9 Å². The lowest BCUT2D eigenvalue weighted by Crippen LogP contribution is -2.03. The molecular weight excluding hydrogens is 263 g/mol. The molecule has 1 heterocycles. The zero-order valence-electron chi connectivity index (χ0n) is 10.4. The van der Waals surface area contributed by atoms with Crippen molar-refractivity contribution in [2.24, 2.45) is 0 Å². The third-order valence-corrected chi connectivity index (χ3v) is 2.72. The molecule has 0 bridgehead atoms. The number of pyridine rings is 1. The van der Waals surface area contributed by atoms with Crippen molar-refractivity contribution in [3.63, 3.8) is 0 Å². The standard InChI is InChI=1S/C14H9FN2O3/c1-20-12-3-2-8(6-16)4-10(12)9-5-13(15)17-7-11(9)14(18)19/h2-5,7H,1H3,(H,18,19). The summed E-state index contributed by atoms with van der Waals surface area (Å²) in [6, 6.07) is 7.44. The average molecular weight is 272 g/mol. The van der Waals surface area contributed by atoms with Crippen molar-refractivity contribution in [1.29, 1.82) is 5.26 Å². The Morgan fingerprint density at radius 2 is 2.15 bits per heavy atom. The number of carboxylic acids is 1. The van der Waals surface area contributed by atoms with E-state index in [-0.39, 0.29) is 11.1 Å². The van der Waals surface area contributed by atoms with Gasteiger partial charge in [-0.3, -0.25) is 0 Å². The SMILES string of the molecule is COc1ccc(C#N)cc1-c1cc(F)ncc1C(=O)O. The zero-order chi connectivity index (χ0) is 14.7. The molecule has 0 aliphatic heterocycles. The van der Waals surface area contributed by atoms with E-state index in [0.29, 0.717) is 16.9 Å². The highest BCUT2D eigenvalue weighted by Gasteiger charge is 2.17. The van der Waals surface area contributed by atoms with Crippen LogP contribution in [-0.2, 0) is 0 Å². The summed E-state index contributed by atoms with van der Waals surface area (Å²) in [6.07, 6.45) is 0.936. The number of hydrogen-bond donors (Lipinski definition) is 1. The van der Waals surface area contributed by atoms with Crippen LogP contribution in [0.3, 0.4) is 0 Å². The Balaban J connectivity index is 2.76. The molecule has 0 fully saturated rings. The van der Waals surface area contributed by atoms with E-state index in [1.165, 1.54) is 25.3 Å². The lowest BCUT2D eigenvalue weighted by Gasteiger charge is -2.11. The van der Waals surface area contributed by atoms with Crippen molar-refractivity contribution in [2.75, 3.05) is 7.11 Å². The first kappa shape index (κ1) is 13.5. The predicted molar refractivity (Wildman–Crippen MR) is 67.9 cm³/mol. The Labute approximate surface area is 113 Å². The van der Waals surface area contributed by atoms with Gasteiger partial charge in [0.05, 0.1) is 24.3 Å². The van der Waals surface area contributed by atoms with Gasteiger partial charge >= 0.3 is 5.97 Å². The Morgan fingerprint density at radius 3 is 2.75 bits per heavy atom. The molecule has 20 heavy (non-hydrogen) atoms. The van der Waals surface area contributed by atoms with Crippen molar-refractivity contribution in [2.45, 2.75) is 0 Å². The Bertz CT molecular complexity index is 723. The van der Waals surface area contributed by atoms with Gasteiger partial charge in [0.2, 0.25) is 5.95 Å². The molecule has 2 rings (SSSR count). The number of carboxylic acid groups (broad SMARTS) is 1. The van der Waals surface area contributed by atoms with E-state index in [2.05, 4.69) is 4.98 Å². The first-order valence-electron chi connectivity index (χ1n) is 5.54. The van der Waals surface area contributed by atoms with Gasteiger partial charge in [-0.25, -0.2) is 9.78 Å². The van der Waals surface area contributed by atoms with Crippen LogP contribution in [0.4, 0.5) is 4.39 Å². The minimum absolute atomic E-state index is 0.110. The van der Waals surface area contributed by atoms with E-state index in [9.17, 15) is 9.18 Å². The molecule has 0 saturated heterocycles. The molecule has 1 N–H and O–H groups in total. The van der Waals surface area contributed by atoms with Gasteiger partial charge < -0.3 is 9.84 Å². The maximum absolute atomic E-state index is 13.3. The van der Waals surface area contributed by atoms with Gasteiger partial charge in [0.1, 0.15) is 5.75 Å². The number of aromatic carboxylic acids is 1. The molecule has 0 amide bonds. The number of nitrogens with zero attached hydrogens (tertiary/aromatic N) is 2. The predicted octanol–water partition coefficient (Wildman–Crippen LogP) is 2.47. The molecule has 1 aromatic carbocycles. The van der Waals surface area contributed by atoms with Crippen LogP contribution in [0.25, 0.3) is 11.1 Å². The first-order chi connectivity index (χ1) is 9.56. The number of ether oxygens (including phenoxy) is 1. The van der Waals surface area contributed by atoms with Gasteiger partial charge in [-0.2, -0.15) is 9.65 Å². The lowest BCUT2D eigenvalue weighted by molar-refractivity contribution is 0.0697. The topological polar surface area (TPSA) is 83.2 Å². The highest BCUT2D eigenvalue weighted by atomic mass is 19.1. The quantitative estimate of drug-likeness (QED) is 0.868. The van der Waals surface area contributed by atoms with Gasteiger partial charge in [0.25, 0.3) is 0 Å². The van der Waals surface area contributed by atoms with Crippen molar-refractivity contribution in [3.8, 4) is 22.9 Å². The second-order valence-electron chi connectivity index (χ2n) is 3.88. The first-order valence-corrected chi connectivity index (χ1v) is 5.54. The molecule has 100 valence electrons. The largest absolute Gasteiger partial charge is 0.496 e. The minimum Gasteiger partial charge on any atom is -0.496 e. The molecule has 1 aromatic heterocycles. The molecule has 0 radical (unpaired) electrons. The number of nitriles is 1. The van der Waals surface area contributed by atoms with E-state index in [1.54, 1.807) is 0 Å². The Hall–Kier alpha value is -2.94. The average Bonchev–Trinajstić information content (AvgIpc) is 2.46. The van der Waals surface area contributed by atoms with Gasteiger partial charge in [0.15, 0.2) is 0 Å². The molecule has 6 heteroatoms. The fraction of sp³-hybridized carbons (Fsp3) is 0.0714. The summed E-state index contributed by atoms with van der Waals surface area (Å²) in [6.45, 7) is 0. The van der Waals surface area contributed by atoms with Crippen LogP contribution in [0.1, 0.15) is 15.9 Å². The van der Waals surface area contributed by atoms with Crippen molar-refractivity contribution >= 4 is 5.97 Å². The van der Waals surface area contributed by atoms with E-state index in [4.69, 9.17) is 15.1 Å². The van der Waals surface area contributed by atoms with Gasteiger partial charge in [-0.15, -0.1) is 0 Å². The molecule has 5 nitrogen and oxygen atoms in total. The fourth-order valence-corrected chi connectivity index (χ4v) is 1.81. The summed E-state index contributed by atoms with van der Waals surface area (Å²) in [5.74, 6) is -1.71. The number of benzene rings is 1. The summed E-state index contributed by atoms with van der Waals surface area (Å²) in [5, 5.41) is 18.1. The summed E-state index contributed by atoms with van der Waals surface area (Å²) >= 11 is 0. The van der Waals surface area contributed by atoms with Gasteiger partial charge in [-0.05, 0) is 18.2 Å². The van der Waals surface area contributed by atoms with E-state index in [1.807, 2.05) is 6.07 Å². The van der Waals surface area contributed by atoms with Gasteiger partial charge in [-0.1, -0.05) is 0 Å². The zero-order valence-corrected chi connectivity index (χ0v) is 10.4. The molecule has 0 aliphatic carbocycles. The highest BCUT2D eigenvalue weighted by Crippen LogP contribution is 2.33. The van der Waals surface area contributed by atoms with Crippen LogP contribution in [-0.4, -0.2) is 23.2 Å². The van der Waals surface area contributed by atoms with Crippen molar-refractivity contribution in [1.82, 2.24) is 4.98 Å². The monoisotopic (exact) mass is 272 g/mol. The van der Waals surface area contributed by atoms with Crippen LogP contribution < -0.4 is 4.74 Å². The lowest BCUT2D eigenvalue weighted by atomic mass is 9.99. The second kappa shape index (κ2) is 5.36. The van der Waals surface area contributed by atoms with E-state index >= 15 is 0 Å². The van der Waals surface area contributed by atoms with Crippen LogP contribution in [0, 0.1) is 17.3 Å². The molecule has 0 unspecified atom stereocenters. The maximum Gasteiger partial charge on any atom is 0.337 e. The summed E-state index contributed by atoms with van der Waals surface area (Å²) in [4.78, 5) is 14.5. The maximum atomic E-state index is 13.3. The minimum atomic E-state index is -1.24. The number of hydrogen-bond acceptors (Lipinski definition) is 4. The van der Waals surface area contributed by atoms with Crippen LogP contribution in [0.5, 0.6) is 5.75 Å². The third-order valence-electron chi connectivity index (χ3n) is 2.72. The number of halogens is 1. The molecule has 0 aliphatic rings. The smallest absolute Gasteiger partial charge is 0.337 e. The highest BCUT2D eigenvalue weighted by molar-refractivity contribution is 5.96. The van der Waals surface area contributed by atoms with Crippen LogP contribution in [0.2, 0.25) is 0 Å². The molecule has 0 saturated carbocycles. The second-order valence-corrected chi connectivity index (χ2v) is 3.88. The molecule has 0 spiro atoms. The molecule has 0 atom stereocenters. The number of methoxy groups -OCH3 is 1. The van der Waals surface area contributed by atoms with Crippen LogP contribution >= 0.6 is 0 Å². The Morgan fingerprint density at radius 1 is 1.40 bits per heavy atom. The third kappa shape index (κ3) is 2.42. The van der Waals surface area contributed by atoms with E-state index in [0.717, 1.165) is 12.3 Å². The van der Waals surface area contributed by atoms with Crippen molar-refractivity contribution in [3.05, 3.63) is 47.5 Å². The summed E-state index contributed by atoms with van der Waals surface area (Å²) in [7, 11) is 1.41. The molecule has 2 aromatic rings. The number of rotatable bonds is 3. The van der Waals surface area contributed by atoms with Crippen LogP contribution in [0.15, 0.2) is 30.5 Å².